The predicted octanol–water partition coefficient (Wildman–Crippen LogP) is 4.17. The van der Waals surface area contributed by atoms with Crippen molar-refractivity contribution in [2.75, 3.05) is 13.2 Å². The summed E-state index contributed by atoms with van der Waals surface area (Å²) in [6.45, 7) is 3.16. The van der Waals surface area contributed by atoms with Gasteiger partial charge in [-0.3, -0.25) is 4.79 Å². The van der Waals surface area contributed by atoms with Gasteiger partial charge in [0.15, 0.2) is 0 Å². The second-order valence-electron chi connectivity index (χ2n) is 8.58. The SMILES string of the molecule is CCC(C)(CNC(=O)OCC1c2ccccc2-c2ccccc21)C(=O)NC(CC(F)F)C(=O)O. The molecule has 0 radical (unpaired) electrons. The van der Waals surface area contributed by atoms with Crippen molar-refractivity contribution < 1.29 is 33.0 Å². The van der Waals surface area contributed by atoms with E-state index in [1.165, 1.54) is 6.92 Å². The van der Waals surface area contributed by atoms with E-state index in [0.717, 1.165) is 22.3 Å². The van der Waals surface area contributed by atoms with Crippen molar-refractivity contribution in [3.05, 3.63) is 59.7 Å². The number of amides is 2. The molecule has 3 rings (SSSR count). The number of fused-ring (bicyclic) bond motifs is 3. The third kappa shape index (κ3) is 5.52. The van der Waals surface area contributed by atoms with Crippen LogP contribution in [0.5, 0.6) is 0 Å². The zero-order valence-electron chi connectivity index (χ0n) is 19.0. The lowest BCUT2D eigenvalue weighted by atomic mass is 9.86. The van der Waals surface area contributed by atoms with Crippen LogP contribution in [0.25, 0.3) is 11.1 Å². The van der Waals surface area contributed by atoms with Gasteiger partial charge in [0.05, 0.1) is 5.41 Å². The molecule has 2 aromatic carbocycles. The quantitative estimate of drug-likeness (QED) is 0.480. The van der Waals surface area contributed by atoms with Crippen LogP contribution in [0.15, 0.2) is 48.5 Å². The summed E-state index contributed by atoms with van der Waals surface area (Å²) in [6, 6.07) is 14.1. The first-order valence-corrected chi connectivity index (χ1v) is 11.1. The Labute approximate surface area is 196 Å². The molecule has 0 saturated heterocycles. The molecule has 2 aromatic rings. The largest absolute Gasteiger partial charge is 0.480 e. The summed E-state index contributed by atoms with van der Waals surface area (Å²) in [7, 11) is 0. The van der Waals surface area contributed by atoms with Gasteiger partial charge in [-0.05, 0) is 35.6 Å². The van der Waals surface area contributed by atoms with Gasteiger partial charge < -0.3 is 20.5 Å². The minimum absolute atomic E-state index is 0.102. The molecule has 2 unspecified atom stereocenters. The van der Waals surface area contributed by atoms with Crippen LogP contribution in [0.3, 0.4) is 0 Å². The molecule has 9 heteroatoms. The van der Waals surface area contributed by atoms with Crippen molar-refractivity contribution >= 4 is 18.0 Å². The molecule has 0 aliphatic heterocycles. The van der Waals surface area contributed by atoms with Crippen LogP contribution in [0, 0.1) is 5.41 Å². The van der Waals surface area contributed by atoms with Gasteiger partial charge >= 0.3 is 12.1 Å². The van der Waals surface area contributed by atoms with Gasteiger partial charge in [-0.2, -0.15) is 0 Å². The van der Waals surface area contributed by atoms with Crippen LogP contribution in [0.1, 0.15) is 43.7 Å². The number of carbonyl (C=O) groups is 3. The highest BCUT2D eigenvalue weighted by Gasteiger charge is 2.36. The first-order valence-electron chi connectivity index (χ1n) is 11.1. The first-order chi connectivity index (χ1) is 16.2. The van der Waals surface area contributed by atoms with E-state index in [1.54, 1.807) is 6.92 Å². The number of alkyl halides is 2. The fraction of sp³-hybridized carbons (Fsp3) is 0.400. The number of nitrogens with one attached hydrogen (secondary N) is 2. The van der Waals surface area contributed by atoms with E-state index in [9.17, 15) is 23.2 Å². The number of carboxylic acid groups (broad SMARTS) is 1. The fourth-order valence-corrected chi connectivity index (χ4v) is 4.01. The van der Waals surface area contributed by atoms with Gasteiger partial charge in [0, 0.05) is 18.9 Å². The molecule has 3 N–H and O–H groups in total. The Morgan fingerprint density at radius 2 is 1.62 bits per heavy atom. The van der Waals surface area contributed by atoms with E-state index in [-0.39, 0.29) is 25.5 Å². The third-order valence-corrected chi connectivity index (χ3v) is 6.31. The van der Waals surface area contributed by atoms with Gasteiger partial charge in [-0.25, -0.2) is 18.4 Å². The molecule has 0 bridgehead atoms. The molecule has 1 aliphatic rings. The fourth-order valence-electron chi connectivity index (χ4n) is 4.01. The van der Waals surface area contributed by atoms with Gasteiger partial charge in [0.25, 0.3) is 0 Å². The molecule has 2 amide bonds. The zero-order valence-corrected chi connectivity index (χ0v) is 19.0. The van der Waals surface area contributed by atoms with Crippen molar-refractivity contribution in [2.24, 2.45) is 5.41 Å². The number of hydrogen-bond donors (Lipinski definition) is 3. The molecular weight excluding hydrogens is 446 g/mol. The number of carboxylic acids is 1. The number of benzene rings is 2. The maximum Gasteiger partial charge on any atom is 0.407 e. The number of halogens is 2. The third-order valence-electron chi connectivity index (χ3n) is 6.31. The van der Waals surface area contributed by atoms with Gasteiger partial charge in [0.2, 0.25) is 12.3 Å². The minimum atomic E-state index is -2.88. The summed E-state index contributed by atoms with van der Waals surface area (Å²) >= 11 is 0. The Morgan fingerprint density at radius 3 is 2.12 bits per heavy atom. The van der Waals surface area contributed by atoms with Crippen molar-refractivity contribution in [3.63, 3.8) is 0 Å². The molecule has 34 heavy (non-hydrogen) atoms. The molecule has 0 fully saturated rings. The van der Waals surface area contributed by atoms with Crippen molar-refractivity contribution in [2.45, 2.75) is 45.1 Å². The molecule has 0 saturated carbocycles. The molecule has 1 aliphatic carbocycles. The van der Waals surface area contributed by atoms with Gasteiger partial charge in [0.1, 0.15) is 12.6 Å². The topological polar surface area (TPSA) is 105 Å². The first kappa shape index (κ1) is 25.1. The Morgan fingerprint density at radius 1 is 1.06 bits per heavy atom. The molecule has 2 atom stereocenters. The lowest BCUT2D eigenvalue weighted by Crippen LogP contribution is -2.51. The van der Waals surface area contributed by atoms with Crippen LogP contribution in [0.2, 0.25) is 0 Å². The predicted molar refractivity (Wildman–Crippen MR) is 122 cm³/mol. The van der Waals surface area contributed by atoms with E-state index in [0.29, 0.717) is 0 Å². The van der Waals surface area contributed by atoms with Gasteiger partial charge in [-0.1, -0.05) is 55.5 Å². The minimum Gasteiger partial charge on any atom is -0.480 e. The summed E-state index contributed by atoms with van der Waals surface area (Å²) < 4.78 is 30.7. The summed E-state index contributed by atoms with van der Waals surface area (Å²) in [5.74, 6) is -2.40. The molecular formula is C25H28F2N2O5. The average Bonchev–Trinajstić information content (AvgIpc) is 3.14. The van der Waals surface area contributed by atoms with Crippen molar-refractivity contribution in [1.29, 1.82) is 0 Å². The Kier molecular flexibility index (Phi) is 7.86. The van der Waals surface area contributed by atoms with Crippen LogP contribution < -0.4 is 10.6 Å². The lowest BCUT2D eigenvalue weighted by molar-refractivity contribution is -0.144. The molecule has 182 valence electrons. The number of alkyl carbamates (subject to hydrolysis) is 1. The maximum atomic E-state index is 12.6. The number of carbonyl (C=O) groups excluding carboxylic acids is 2. The molecule has 0 spiro atoms. The molecule has 0 aromatic heterocycles. The van der Waals surface area contributed by atoms with E-state index < -0.39 is 42.3 Å². The van der Waals surface area contributed by atoms with Crippen LogP contribution in [-0.4, -0.2) is 48.7 Å². The monoisotopic (exact) mass is 474 g/mol. The zero-order chi connectivity index (χ0) is 24.9. The Bertz CT molecular complexity index is 1020. The van der Waals surface area contributed by atoms with E-state index in [2.05, 4.69) is 10.6 Å². The van der Waals surface area contributed by atoms with E-state index in [1.807, 2.05) is 48.5 Å². The highest BCUT2D eigenvalue weighted by atomic mass is 19.3. The van der Waals surface area contributed by atoms with Gasteiger partial charge in [-0.15, -0.1) is 0 Å². The second kappa shape index (κ2) is 10.6. The molecule has 7 nitrogen and oxygen atoms in total. The summed E-state index contributed by atoms with van der Waals surface area (Å²) in [5.41, 5.74) is 3.11. The van der Waals surface area contributed by atoms with Crippen LogP contribution in [0.4, 0.5) is 13.6 Å². The van der Waals surface area contributed by atoms with Crippen molar-refractivity contribution in [1.82, 2.24) is 10.6 Å². The Balaban J connectivity index is 1.59. The number of rotatable bonds is 10. The maximum absolute atomic E-state index is 12.6. The van der Waals surface area contributed by atoms with E-state index in [4.69, 9.17) is 9.84 Å². The smallest absolute Gasteiger partial charge is 0.407 e. The normalized spacial score (nSPS) is 15.1. The average molecular weight is 475 g/mol. The van der Waals surface area contributed by atoms with Crippen LogP contribution >= 0.6 is 0 Å². The second-order valence-corrected chi connectivity index (χ2v) is 8.58. The van der Waals surface area contributed by atoms with Crippen LogP contribution in [-0.2, 0) is 14.3 Å². The molecule has 0 heterocycles. The Hall–Kier alpha value is -3.49. The lowest BCUT2D eigenvalue weighted by Gasteiger charge is -2.29. The number of aliphatic carboxylic acids is 1. The number of hydrogen-bond acceptors (Lipinski definition) is 4. The summed E-state index contributed by atoms with van der Waals surface area (Å²) in [5, 5.41) is 13.8. The van der Waals surface area contributed by atoms with Crippen molar-refractivity contribution in [3.8, 4) is 11.1 Å². The summed E-state index contributed by atoms with van der Waals surface area (Å²) in [6.07, 6.45) is -4.37. The van der Waals surface area contributed by atoms with E-state index >= 15 is 0 Å². The standard InChI is InChI=1S/C25H28F2N2O5/c1-3-25(2,23(32)29-20(22(30)31)12-21(26)27)14-28-24(33)34-13-19-17-10-6-4-8-15(17)16-9-5-7-11-18(16)19/h4-11,19-21H,3,12-14H2,1-2H3,(H,28,33)(H,29,32)(H,30,31). The highest BCUT2D eigenvalue weighted by molar-refractivity contribution is 5.87. The number of ether oxygens (including phenoxy) is 1. The summed E-state index contributed by atoms with van der Waals surface area (Å²) in [4.78, 5) is 36.3. The highest BCUT2D eigenvalue weighted by Crippen LogP contribution is 2.44.